The summed E-state index contributed by atoms with van der Waals surface area (Å²) in [6.45, 7) is 7.50. The fraction of sp³-hybridized carbons (Fsp3) is 0.741. The Bertz CT molecular complexity index is 838. The zero-order valence-corrected chi connectivity index (χ0v) is 20.4. The van der Waals surface area contributed by atoms with Gasteiger partial charge in [-0.15, -0.1) is 0 Å². The average molecular weight is 456 g/mol. The van der Waals surface area contributed by atoms with E-state index in [1.807, 2.05) is 12.1 Å². The van der Waals surface area contributed by atoms with E-state index in [0.717, 1.165) is 55.3 Å². The summed E-state index contributed by atoms with van der Waals surface area (Å²) in [6, 6.07) is 9.63. The number of hydrogen-bond acceptors (Lipinski definition) is 2. The van der Waals surface area contributed by atoms with Gasteiger partial charge < -0.3 is 10.2 Å². The molecule has 1 spiro atoms. The topological polar surface area (TPSA) is 35.6 Å². The maximum Gasteiger partial charge on any atom is 0.317 e. The van der Waals surface area contributed by atoms with Crippen LogP contribution in [0.4, 0.5) is 4.79 Å². The van der Waals surface area contributed by atoms with Crippen LogP contribution in [0, 0.1) is 23.2 Å². The maximum atomic E-state index is 13.4. The van der Waals surface area contributed by atoms with Gasteiger partial charge in [0.25, 0.3) is 0 Å². The normalized spacial score (nSPS) is 37.7. The summed E-state index contributed by atoms with van der Waals surface area (Å²) >= 11 is 6.17. The third-order valence-electron chi connectivity index (χ3n) is 9.71. The Kier molecular flexibility index (Phi) is 5.08. The molecule has 6 fully saturated rings. The van der Waals surface area contributed by atoms with Gasteiger partial charge in [-0.05, 0) is 101 Å². The first kappa shape index (κ1) is 21.3. The highest BCUT2D eigenvalue weighted by Crippen LogP contribution is 2.57. The largest absolute Gasteiger partial charge is 0.333 e. The molecular formula is C27H38ClN3O. The number of carbonyl (C=O) groups excluding carboxylic acids is 1. The molecule has 2 heterocycles. The van der Waals surface area contributed by atoms with E-state index in [0.29, 0.717) is 12.1 Å². The molecule has 174 valence electrons. The minimum atomic E-state index is 0.109. The van der Waals surface area contributed by atoms with Crippen LogP contribution in [-0.2, 0) is 0 Å². The molecule has 0 aromatic heterocycles. The third kappa shape index (κ3) is 3.48. The second kappa shape index (κ2) is 7.63. The van der Waals surface area contributed by atoms with Gasteiger partial charge in [-0.3, -0.25) is 4.90 Å². The lowest BCUT2D eigenvalue weighted by Gasteiger charge is -2.62. The lowest BCUT2D eigenvalue weighted by Crippen LogP contribution is -2.66. The second-order valence-electron chi connectivity index (χ2n) is 12.2. The average Bonchev–Trinajstić information content (AvgIpc) is 2.72. The Labute approximate surface area is 198 Å². The van der Waals surface area contributed by atoms with Gasteiger partial charge in [-0.1, -0.05) is 23.7 Å². The molecule has 1 unspecified atom stereocenters. The zero-order valence-electron chi connectivity index (χ0n) is 19.7. The molecule has 6 aliphatic rings. The van der Waals surface area contributed by atoms with E-state index in [-0.39, 0.29) is 17.0 Å². The standard InChI is InChI=1S/C27H38ClN3O/c1-18(2)31-17-26(24(31)22-3-5-23(28)6-4-22)7-9-30(10-8-26)25(32)29-27-14-19-11-20(15-27)13-21(12-19)16-27/h3-6,18-21,24H,7-17H2,1-2H3,(H,29,32). The number of nitrogens with one attached hydrogen (secondary N) is 1. The van der Waals surface area contributed by atoms with Gasteiger partial charge in [0.15, 0.2) is 0 Å². The van der Waals surface area contributed by atoms with E-state index in [4.69, 9.17) is 11.6 Å². The van der Waals surface area contributed by atoms with Crippen molar-refractivity contribution in [1.82, 2.24) is 15.1 Å². The van der Waals surface area contributed by atoms with Gasteiger partial charge in [-0.2, -0.15) is 0 Å². The Hall–Kier alpha value is -1.26. The van der Waals surface area contributed by atoms with Crippen LogP contribution in [0.2, 0.25) is 5.02 Å². The molecule has 5 heteroatoms. The summed E-state index contributed by atoms with van der Waals surface area (Å²) in [5, 5.41) is 4.40. The van der Waals surface area contributed by atoms with Crippen molar-refractivity contribution in [3.63, 3.8) is 0 Å². The van der Waals surface area contributed by atoms with Crippen molar-refractivity contribution < 1.29 is 4.79 Å². The van der Waals surface area contributed by atoms with Gasteiger partial charge >= 0.3 is 6.03 Å². The van der Waals surface area contributed by atoms with E-state index >= 15 is 0 Å². The van der Waals surface area contributed by atoms with Crippen LogP contribution in [0.5, 0.6) is 0 Å². The maximum absolute atomic E-state index is 13.4. The third-order valence-corrected chi connectivity index (χ3v) is 9.97. The Morgan fingerprint density at radius 3 is 2.09 bits per heavy atom. The van der Waals surface area contributed by atoms with Crippen molar-refractivity contribution >= 4 is 17.6 Å². The lowest BCUT2D eigenvalue weighted by molar-refractivity contribution is -0.123. The fourth-order valence-corrected chi connectivity index (χ4v) is 8.73. The molecule has 4 aliphatic carbocycles. The molecular weight excluding hydrogens is 418 g/mol. The van der Waals surface area contributed by atoms with E-state index in [9.17, 15) is 4.79 Å². The molecule has 1 atom stereocenters. The lowest BCUT2D eigenvalue weighted by atomic mass is 9.53. The first-order valence-electron chi connectivity index (χ1n) is 12.9. The summed E-state index contributed by atoms with van der Waals surface area (Å²) in [7, 11) is 0. The van der Waals surface area contributed by atoms with Crippen molar-refractivity contribution in [3.05, 3.63) is 34.9 Å². The van der Waals surface area contributed by atoms with Gasteiger partial charge in [0.05, 0.1) is 0 Å². The number of amides is 2. The number of benzene rings is 1. The highest BCUT2D eigenvalue weighted by molar-refractivity contribution is 6.30. The molecule has 32 heavy (non-hydrogen) atoms. The van der Waals surface area contributed by atoms with Crippen molar-refractivity contribution in [1.29, 1.82) is 0 Å². The highest BCUT2D eigenvalue weighted by Gasteiger charge is 2.56. The molecule has 0 radical (unpaired) electrons. The number of hydrogen-bond donors (Lipinski definition) is 1. The Morgan fingerprint density at radius 2 is 1.56 bits per heavy atom. The number of carbonyl (C=O) groups is 1. The summed E-state index contributed by atoms with van der Waals surface area (Å²) in [5.74, 6) is 2.59. The Morgan fingerprint density at radius 1 is 1.00 bits per heavy atom. The minimum absolute atomic E-state index is 0.109. The van der Waals surface area contributed by atoms with Gasteiger partial charge in [0, 0.05) is 47.7 Å². The Balaban J connectivity index is 1.13. The zero-order chi connectivity index (χ0) is 22.1. The van der Waals surface area contributed by atoms with Gasteiger partial charge in [-0.25, -0.2) is 4.79 Å². The highest BCUT2D eigenvalue weighted by atomic mass is 35.5. The summed E-state index contributed by atoms with van der Waals surface area (Å²) in [4.78, 5) is 18.1. The summed E-state index contributed by atoms with van der Waals surface area (Å²) in [6.07, 6.45) is 10.1. The fourth-order valence-electron chi connectivity index (χ4n) is 8.61. The molecule has 1 aromatic carbocycles. The van der Waals surface area contributed by atoms with E-state index in [1.165, 1.54) is 44.1 Å². The summed E-state index contributed by atoms with van der Waals surface area (Å²) in [5.41, 5.74) is 1.77. The molecule has 4 bridgehead atoms. The number of rotatable bonds is 3. The first-order chi connectivity index (χ1) is 15.3. The predicted molar refractivity (Wildman–Crippen MR) is 129 cm³/mol. The number of nitrogens with zero attached hydrogens (tertiary/aromatic N) is 2. The van der Waals surface area contributed by atoms with Crippen LogP contribution in [0.15, 0.2) is 24.3 Å². The van der Waals surface area contributed by atoms with Crippen LogP contribution in [0.1, 0.15) is 76.8 Å². The molecule has 4 saturated carbocycles. The van der Waals surface area contributed by atoms with E-state index in [2.05, 4.69) is 41.1 Å². The molecule has 7 rings (SSSR count). The number of halogens is 1. The molecule has 1 aromatic rings. The molecule has 2 amide bonds. The van der Waals surface area contributed by atoms with E-state index < -0.39 is 0 Å². The first-order valence-corrected chi connectivity index (χ1v) is 13.3. The quantitative estimate of drug-likeness (QED) is 0.619. The summed E-state index contributed by atoms with van der Waals surface area (Å²) < 4.78 is 0. The monoisotopic (exact) mass is 455 g/mol. The van der Waals surface area contributed by atoms with Crippen LogP contribution < -0.4 is 5.32 Å². The minimum Gasteiger partial charge on any atom is -0.333 e. The van der Waals surface area contributed by atoms with Crippen LogP contribution in [0.3, 0.4) is 0 Å². The second-order valence-corrected chi connectivity index (χ2v) is 12.6. The SMILES string of the molecule is CC(C)N1CC2(CCN(C(=O)NC34CC5CC(CC(C5)C3)C4)CC2)C1c1ccc(Cl)cc1. The molecule has 1 N–H and O–H groups in total. The van der Waals surface area contributed by atoms with Gasteiger partial charge in [0.2, 0.25) is 0 Å². The van der Waals surface area contributed by atoms with Crippen molar-refractivity contribution in [3.8, 4) is 0 Å². The number of piperidine rings is 1. The molecule has 2 aliphatic heterocycles. The van der Waals surface area contributed by atoms with Gasteiger partial charge in [0.1, 0.15) is 0 Å². The van der Waals surface area contributed by atoms with E-state index in [1.54, 1.807) is 0 Å². The molecule has 2 saturated heterocycles. The van der Waals surface area contributed by atoms with Crippen LogP contribution in [0.25, 0.3) is 0 Å². The van der Waals surface area contributed by atoms with Crippen LogP contribution >= 0.6 is 11.6 Å². The van der Waals surface area contributed by atoms with Crippen LogP contribution in [-0.4, -0.2) is 47.0 Å². The predicted octanol–water partition coefficient (Wildman–Crippen LogP) is 5.87. The number of likely N-dealkylation sites (tertiary alicyclic amines) is 2. The number of urea groups is 1. The van der Waals surface area contributed by atoms with Crippen molar-refractivity contribution in [2.45, 2.75) is 82.8 Å². The van der Waals surface area contributed by atoms with Crippen molar-refractivity contribution in [2.75, 3.05) is 19.6 Å². The van der Waals surface area contributed by atoms with Crippen molar-refractivity contribution in [2.24, 2.45) is 23.2 Å². The molecule has 4 nitrogen and oxygen atoms in total. The smallest absolute Gasteiger partial charge is 0.317 e.